The molecule has 0 aliphatic carbocycles. The highest BCUT2D eigenvalue weighted by molar-refractivity contribution is 5.79. The zero-order chi connectivity index (χ0) is 15.5. The van der Waals surface area contributed by atoms with Crippen LogP contribution in [0.15, 0.2) is 29.1 Å². The Morgan fingerprint density at radius 1 is 1.36 bits per heavy atom. The largest absolute Gasteiger partial charge is 0.366 e. The van der Waals surface area contributed by atoms with Gasteiger partial charge in [-0.05, 0) is 12.1 Å². The molecule has 2 aromatic rings. The second-order valence-electron chi connectivity index (χ2n) is 4.87. The molecule has 0 spiro atoms. The SMILES string of the molecule is O=C(Cc1c(F)cccc1F)N1CCOC(c2ncon2)C1. The third-order valence-corrected chi connectivity index (χ3v) is 3.48. The molecule has 1 aromatic carbocycles. The second kappa shape index (κ2) is 6.18. The lowest BCUT2D eigenvalue weighted by atomic mass is 10.1. The van der Waals surface area contributed by atoms with Gasteiger partial charge in [0.25, 0.3) is 0 Å². The van der Waals surface area contributed by atoms with Crippen LogP contribution in [0.5, 0.6) is 0 Å². The molecule has 2 heterocycles. The summed E-state index contributed by atoms with van der Waals surface area (Å²) in [5.74, 6) is -1.48. The fourth-order valence-electron chi connectivity index (χ4n) is 2.32. The number of aromatic nitrogens is 2. The van der Waals surface area contributed by atoms with Crippen LogP contribution in [0.25, 0.3) is 0 Å². The van der Waals surface area contributed by atoms with Crippen LogP contribution in [-0.4, -0.2) is 40.6 Å². The summed E-state index contributed by atoms with van der Waals surface area (Å²) in [4.78, 5) is 17.6. The predicted octanol–water partition coefficient (Wildman–Crippen LogP) is 1.49. The number of halogens is 2. The minimum absolute atomic E-state index is 0.217. The minimum Gasteiger partial charge on any atom is -0.366 e. The standard InChI is InChI=1S/C14H13F2N3O3/c15-10-2-1-3-11(16)9(10)6-13(20)19-4-5-21-12(7-19)14-17-8-22-18-14/h1-3,8,12H,4-7H2. The quantitative estimate of drug-likeness (QED) is 0.859. The van der Waals surface area contributed by atoms with E-state index in [1.807, 2.05) is 0 Å². The number of benzene rings is 1. The molecule has 0 bridgehead atoms. The van der Waals surface area contributed by atoms with E-state index < -0.39 is 17.7 Å². The molecule has 1 fully saturated rings. The van der Waals surface area contributed by atoms with E-state index in [4.69, 9.17) is 4.74 Å². The summed E-state index contributed by atoms with van der Waals surface area (Å²) in [6.07, 6.45) is 0.341. The van der Waals surface area contributed by atoms with Crippen molar-refractivity contribution in [1.82, 2.24) is 15.0 Å². The van der Waals surface area contributed by atoms with Crippen molar-refractivity contribution in [2.75, 3.05) is 19.7 Å². The predicted molar refractivity (Wildman–Crippen MR) is 69.6 cm³/mol. The Bertz CT molecular complexity index is 643. The summed E-state index contributed by atoms with van der Waals surface area (Å²) in [5.41, 5.74) is -0.227. The van der Waals surface area contributed by atoms with Crippen LogP contribution in [0.3, 0.4) is 0 Å². The van der Waals surface area contributed by atoms with Crippen molar-refractivity contribution in [1.29, 1.82) is 0 Å². The maximum Gasteiger partial charge on any atom is 0.227 e. The lowest BCUT2D eigenvalue weighted by Gasteiger charge is -2.31. The van der Waals surface area contributed by atoms with Gasteiger partial charge in [-0.25, -0.2) is 8.78 Å². The molecule has 0 N–H and O–H groups in total. The molecule has 116 valence electrons. The zero-order valence-electron chi connectivity index (χ0n) is 11.5. The van der Waals surface area contributed by atoms with Gasteiger partial charge < -0.3 is 14.2 Å². The van der Waals surface area contributed by atoms with E-state index in [9.17, 15) is 13.6 Å². The summed E-state index contributed by atoms with van der Waals surface area (Å²) in [5, 5.41) is 3.68. The molecule has 6 nitrogen and oxygen atoms in total. The van der Waals surface area contributed by atoms with Crippen molar-refractivity contribution in [2.24, 2.45) is 0 Å². The van der Waals surface area contributed by atoms with Crippen molar-refractivity contribution >= 4 is 5.91 Å². The lowest BCUT2D eigenvalue weighted by Crippen LogP contribution is -2.43. The van der Waals surface area contributed by atoms with E-state index in [2.05, 4.69) is 14.7 Å². The molecule has 1 aliphatic rings. The lowest BCUT2D eigenvalue weighted by molar-refractivity contribution is -0.138. The average Bonchev–Trinajstić information content (AvgIpc) is 3.05. The van der Waals surface area contributed by atoms with Crippen molar-refractivity contribution in [3.8, 4) is 0 Å². The van der Waals surface area contributed by atoms with Crippen LogP contribution in [0.2, 0.25) is 0 Å². The number of ether oxygens (including phenoxy) is 1. The fraction of sp³-hybridized carbons (Fsp3) is 0.357. The molecule has 1 aromatic heterocycles. The Labute approximate surface area is 124 Å². The third-order valence-electron chi connectivity index (χ3n) is 3.48. The van der Waals surface area contributed by atoms with Crippen LogP contribution in [0.1, 0.15) is 17.5 Å². The van der Waals surface area contributed by atoms with Gasteiger partial charge in [-0.2, -0.15) is 4.98 Å². The minimum atomic E-state index is -0.726. The van der Waals surface area contributed by atoms with E-state index in [-0.39, 0.29) is 24.4 Å². The molecular weight excluding hydrogens is 296 g/mol. The van der Waals surface area contributed by atoms with E-state index in [1.54, 1.807) is 0 Å². The molecule has 1 unspecified atom stereocenters. The molecule has 3 rings (SSSR count). The molecule has 1 saturated heterocycles. The van der Waals surface area contributed by atoms with Crippen LogP contribution < -0.4 is 0 Å². The Hall–Kier alpha value is -2.35. The summed E-state index contributed by atoms with van der Waals surface area (Å²) in [6, 6.07) is 3.53. The number of hydrogen-bond acceptors (Lipinski definition) is 5. The molecule has 22 heavy (non-hydrogen) atoms. The van der Waals surface area contributed by atoms with Crippen LogP contribution in [-0.2, 0) is 16.0 Å². The van der Waals surface area contributed by atoms with Crippen molar-refractivity contribution in [2.45, 2.75) is 12.5 Å². The summed E-state index contributed by atoms with van der Waals surface area (Å²) < 4.78 is 37.3. The van der Waals surface area contributed by atoms with Crippen molar-refractivity contribution in [3.63, 3.8) is 0 Å². The average molecular weight is 309 g/mol. The third kappa shape index (κ3) is 2.96. The van der Waals surface area contributed by atoms with E-state index in [0.29, 0.717) is 19.0 Å². The van der Waals surface area contributed by atoms with Gasteiger partial charge in [-0.1, -0.05) is 11.2 Å². The van der Waals surface area contributed by atoms with Gasteiger partial charge in [-0.15, -0.1) is 0 Å². The number of amides is 1. The van der Waals surface area contributed by atoms with E-state index in [0.717, 1.165) is 12.1 Å². The van der Waals surface area contributed by atoms with Gasteiger partial charge in [0.1, 0.15) is 17.7 Å². The maximum absolute atomic E-state index is 13.6. The number of carbonyl (C=O) groups is 1. The topological polar surface area (TPSA) is 68.5 Å². The maximum atomic E-state index is 13.6. The zero-order valence-corrected chi connectivity index (χ0v) is 11.5. The monoisotopic (exact) mass is 309 g/mol. The van der Waals surface area contributed by atoms with Gasteiger partial charge in [0.15, 0.2) is 0 Å². The van der Waals surface area contributed by atoms with Gasteiger partial charge >= 0.3 is 0 Å². The number of rotatable bonds is 3. The van der Waals surface area contributed by atoms with Crippen LogP contribution >= 0.6 is 0 Å². The van der Waals surface area contributed by atoms with Crippen LogP contribution in [0, 0.1) is 11.6 Å². The molecule has 0 saturated carbocycles. The Balaban J connectivity index is 1.70. The number of hydrogen-bond donors (Lipinski definition) is 0. The van der Waals surface area contributed by atoms with Gasteiger partial charge in [0.2, 0.25) is 18.1 Å². The molecule has 1 aliphatic heterocycles. The van der Waals surface area contributed by atoms with Crippen LogP contribution in [0.4, 0.5) is 8.78 Å². The van der Waals surface area contributed by atoms with Gasteiger partial charge in [-0.3, -0.25) is 4.79 Å². The van der Waals surface area contributed by atoms with E-state index in [1.165, 1.54) is 17.4 Å². The number of carbonyl (C=O) groups excluding carboxylic acids is 1. The molecular formula is C14H13F2N3O3. The Morgan fingerprint density at radius 2 is 2.14 bits per heavy atom. The number of morpholine rings is 1. The Morgan fingerprint density at radius 3 is 2.82 bits per heavy atom. The highest BCUT2D eigenvalue weighted by Crippen LogP contribution is 2.20. The normalized spacial score (nSPS) is 18.5. The first-order valence-corrected chi connectivity index (χ1v) is 6.73. The Kier molecular flexibility index (Phi) is 4.10. The smallest absolute Gasteiger partial charge is 0.227 e. The first-order valence-electron chi connectivity index (χ1n) is 6.73. The molecule has 1 amide bonds. The molecule has 8 heteroatoms. The summed E-state index contributed by atoms with van der Waals surface area (Å²) in [7, 11) is 0. The highest BCUT2D eigenvalue weighted by atomic mass is 19.1. The molecule has 0 radical (unpaired) electrons. The van der Waals surface area contributed by atoms with E-state index >= 15 is 0 Å². The van der Waals surface area contributed by atoms with Crippen molar-refractivity contribution < 1.29 is 22.8 Å². The summed E-state index contributed by atoms with van der Waals surface area (Å²) in [6.45, 7) is 0.863. The summed E-state index contributed by atoms with van der Waals surface area (Å²) >= 11 is 0. The van der Waals surface area contributed by atoms with Gasteiger partial charge in [0.05, 0.1) is 19.6 Å². The highest BCUT2D eigenvalue weighted by Gasteiger charge is 2.28. The number of nitrogens with zero attached hydrogens (tertiary/aromatic N) is 3. The first-order chi connectivity index (χ1) is 10.6. The first kappa shape index (κ1) is 14.6. The van der Waals surface area contributed by atoms with Gasteiger partial charge in [0, 0.05) is 12.1 Å². The fourth-order valence-corrected chi connectivity index (χ4v) is 2.32. The molecule has 1 atom stereocenters. The van der Waals surface area contributed by atoms with Crippen molar-refractivity contribution in [3.05, 3.63) is 47.6 Å². The second-order valence-corrected chi connectivity index (χ2v) is 4.87.